The Morgan fingerprint density at radius 3 is 3.29 bits per heavy atom. The third-order valence-corrected chi connectivity index (χ3v) is 1.57. The Kier molecular flexibility index (Phi) is 3.44. The summed E-state index contributed by atoms with van der Waals surface area (Å²) < 4.78 is 6.04. The normalized spacial score (nSPS) is 10.0. The molecule has 72 valence electrons. The molecule has 1 rings (SSSR count). The molecule has 0 aromatic carbocycles. The van der Waals surface area contributed by atoms with Crippen molar-refractivity contribution >= 4 is 5.97 Å². The topological polar surface area (TPSA) is 67.9 Å². The van der Waals surface area contributed by atoms with Crippen LogP contribution in [-0.4, -0.2) is 22.6 Å². The van der Waals surface area contributed by atoms with Crippen molar-refractivity contribution in [3.05, 3.63) is 30.4 Å². The molecule has 0 aliphatic heterocycles. The zero-order chi connectivity index (χ0) is 10.4. The zero-order valence-electron chi connectivity index (χ0n) is 7.67. The first-order chi connectivity index (χ1) is 6.77. The number of rotatable bonds is 3. The third kappa shape index (κ3) is 2.45. The van der Waals surface area contributed by atoms with E-state index in [1.165, 1.54) is 19.4 Å². The second-order valence-corrected chi connectivity index (χ2v) is 2.44. The van der Waals surface area contributed by atoms with E-state index in [1.807, 2.05) is 6.07 Å². The van der Waals surface area contributed by atoms with E-state index >= 15 is 0 Å². The van der Waals surface area contributed by atoms with E-state index in [9.17, 15) is 4.79 Å². The Morgan fingerprint density at radius 1 is 1.86 bits per heavy atom. The molecule has 5 nitrogen and oxygen atoms in total. The number of ether oxygens (including phenoxy) is 1. The molecule has 1 heterocycles. The van der Waals surface area contributed by atoms with Gasteiger partial charge in [-0.1, -0.05) is 6.08 Å². The van der Waals surface area contributed by atoms with E-state index in [1.54, 1.807) is 16.8 Å². The number of carbonyl (C=O) groups is 1. The molecule has 1 aromatic rings. The van der Waals surface area contributed by atoms with Gasteiger partial charge in [0.05, 0.1) is 7.11 Å². The highest BCUT2D eigenvalue weighted by atomic mass is 16.5. The molecule has 0 saturated carbocycles. The molecular formula is C9H9N3O2. The number of imidazole rings is 1. The van der Waals surface area contributed by atoms with Crippen molar-refractivity contribution in [3.8, 4) is 6.07 Å². The number of nitriles is 1. The lowest BCUT2D eigenvalue weighted by Gasteiger charge is -1.96. The van der Waals surface area contributed by atoms with Gasteiger partial charge in [0.1, 0.15) is 6.07 Å². The monoisotopic (exact) mass is 191 g/mol. The van der Waals surface area contributed by atoms with Crippen LogP contribution in [0, 0.1) is 11.3 Å². The number of aromatic nitrogens is 2. The standard InChI is InChI=1S/C9H9N3O2/c1-14-9(13)3-2-5-12-6-4-11-8(12)7-10/h2-4,6H,5H2,1H3/b3-2+. The molecule has 1 aromatic heterocycles. The molecule has 0 N–H and O–H groups in total. The minimum absolute atomic E-state index is 0.319. The first-order valence-electron chi connectivity index (χ1n) is 3.93. The van der Waals surface area contributed by atoms with Crippen LogP contribution in [0.15, 0.2) is 24.5 Å². The van der Waals surface area contributed by atoms with Gasteiger partial charge < -0.3 is 9.30 Å². The average Bonchev–Trinajstić information content (AvgIpc) is 2.65. The fourth-order valence-electron chi connectivity index (χ4n) is 0.900. The Bertz CT molecular complexity index is 387. The molecule has 0 atom stereocenters. The summed E-state index contributed by atoms with van der Waals surface area (Å²) in [5.41, 5.74) is 0. The first kappa shape index (κ1) is 9.99. The molecular weight excluding hydrogens is 182 g/mol. The van der Waals surface area contributed by atoms with Crippen LogP contribution in [0.2, 0.25) is 0 Å². The molecule has 0 bridgehead atoms. The van der Waals surface area contributed by atoms with Crippen LogP contribution in [0.1, 0.15) is 5.82 Å². The van der Waals surface area contributed by atoms with Crippen LogP contribution in [0.3, 0.4) is 0 Å². The van der Waals surface area contributed by atoms with Gasteiger partial charge in [-0.2, -0.15) is 5.26 Å². The fourth-order valence-corrected chi connectivity index (χ4v) is 0.900. The molecule has 0 aliphatic rings. The second-order valence-electron chi connectivity index (χ2n) is 2.44. The Morgan fingerprint density at radius 2 is 2.64 bits per heavy atom. The maximum atomic E-state index is 10.7. The van der Waals surface area contributed by atoms with Gasteiger partial charge in [-0.3, -0.25) is 0 Å². The number of allylic oxidation sites excluding steroid dienone is 1. The van der Waals surface area contributed by atoms with Crippen LogP contribution >= 0.6 is 0 Å². The van der Waals surface area contributed by atoms with Gasteiger partial charge in [-0.05, 0) is 0 Å². The summed E-state index contributed by atoms with van der Waals surface area (Å²) in [7, 11) is 1.31. The fraction of sp³-hybridized carbons (Fsp3) is 0.222. The Balaban J connectivity index is 2.58. The van der Waals surface area contributed by atoms with Gasteiger partial charge in [0, 0.05) is 25.0 Å². The van der Waals surface area contributed by atoms with Crippen molar-refractivity contribution in [3.63, 3.8) is 0 Å². The number of hydrogen-bond acceptors (Lipinski definition) is 4. The highest BCUT2D eigenvalue weighted by Gasteiger charge is 1.98. The minimum atomic E-state index is -0.413. The number of hydrogen-bond donors (Lipinski definition) is 0. The summed E-state index contributed by atoms with van der Waals surface area (Å²) in [6.07, 6.45) is 6.11. The molecule has 0 spiro atoms. The van der Waals surface area contributed by atoms with E-state index in [0.717, 1.165) is 0 Å². The van der Waals surface area contributed by atoms with Gasteiger partial charge in [0.2, 0.25) is 5.82 Å². The molecule has 0 saturated heterocycles. The summed E-state index contributed by atoms with van der Waals surface area (Å²) >= 11 is 0. The molecule has 0 unspecified atom stereocenters. The van der Waals surface area contributed by atoms with Crippen molar-refractivity contribution in [2.24, 2.45) is 0 Å². The predicted octanol–water partition coefficient (Wildman–Crippen LogP) is 0.484. The SMILES string of the molecule is COC(=O)/C=C/Cn1ccnc1C#N. The van der Waals surface area contributed by atoms with Crippen LogP contribution in [0.4, 0.5) is 0 Å². The number of carbonyl (C=O) groups excluding carboxylic acids is 1. The Labute approximate surface area is 81.2 Å². The van der Waals surface area contributed by atoms with Crippen LogP contribution < -0.4 is 0 Å². The summed E-state index contributed by atoms with van der Waals surface area (Å²) in [6, 6.07) is 1.93. The summed E-state index contributed by atoms with van der Waals surface area (Å²) in [6.45, 7) is 0.429. The van der Waals surface area contributed by atoms with Gasteiger partial charge in [0.25, 0.3) is 0 Å². The van der Waals surface area contributed by atoms with Crippen LogP contribution in [-0.2, 0) is 16.1 Å². The summed E-state index contributed by atoms with van der Waals surface area (Å²) in [4.78, 5) is 14.5. The van der Waals surface area contributed by atoms with E-state index < -0.39 is 5.97 Å². The zero-order valence-corrected chi connectivity index (χ0v) is 7.67. The largest absolute Gasteiger partial charge is 0.466 e. The lowest BCUT2D eigenvalue weighted by Crippen LogP contribution is -1.99. The molecule has 0 fully saturated rings. The summed E-state index contributed by atoms with van der Waals surface area (Å²) in [5.74, 6) is -0.0943. The van der Waals surface area contributed by atoms with E-state index in [4.69, 9.17) is 5.26 Å². The van der Waals surface area contributed by atoms with Gasteiger partial charge in [0.15, 0.2) is 0 Å². The van der Waals surface area contributed by atoms with Gasteiger partial charge in [-0.15, -0.1) is 0 Å². The van der Waals surface area contributed by atoms with E-state index in [2.05, 4.69) is 9.72 Å². The molecule has 0 radical (unpaired) electrons. The quantitative estimate of drug-likeness (QED) is 0.515. The number of nitrogens with zero attached hydrogens (tertiary/aromatic N) is 3. The number of methoxy groups -OCH3 is 1. The van der Waals surface area contributed by atoms with Crippen molar-refractivity contribution in [2.75, 3.05) is 7.11 Å². The van der Waals surface area contributed by atoms with Crippen molar-refractivity contribution in [2.45, 2.75) is 6.54 Å². The van der Waals surface area contributed by atoms with Crippen LogP contribution in [0.5, 0.6) is 0 Å². The second kappa shape index (κ2) is 4.82. The maximum Gasteiger partial charge on any atom is 0.330 e. The highest BCUT2D eigenvalue weighted by Crippen LogP contribution is 1.95. The third-order valence-electron chi connectivity index (χ3n) is 1.57. The average molecular weight is 191 g/mol. The number of esters is 1. The van der Waals surface area contributed by atoms with Gasteiger partial charge >= 0.3 is 5.97 Å². The molecule has 0 amide bonds. The van der Waals surface area contributed by atoms with Gasteiger partial charge in [-0.25, -0.2) is 9.78 Å². The van der Waals surface area contributed by atoms with Crippen molar-refractivity contribution in [1.82, 2.24) is 9.55 Å². The minimum Gasteiger partial charge on any atom is -0.466 e. The highest BCUT2D eigenvalue weighted by molar-refractivity contribution is 5.81. The first-order valence-corrected chi connectivity index (χ1v) is 3.93. The summed E-state index contributed by atoms with van der Waals surface area (Å²) in [5, 5.41) is 8.61. The smallest absolute Gasteiger partial charge is 0.330 e. The van der Waals surface area contributed by atoms with E-state index in [-0.39, 0.29) is 0 Å². The predicted molar refractivity (Wildman–Crippen MR) is 48.1 cm³/mol. The lowest BCUT2D eigenvalue weighted by atomic mass is 10.4. The molecule has 0 aliphatic carbocycles. The Hall–Kier alpha value is -2.09. The van der Waals surface area contributed by atoms with Crippen molar-refractivity contribution < 1.29 is 9.53 Å². The van der Waals surface area contributed by atoms with Crippen molar-refractivity contribution in [1.29, 1.82) is 5.26 Å². The molecule has 14 heavy (non-hydrogen) atoms. The van der Waals surface area contributed by atoms with E-state index in [0.29, 0.717) is 12.4 Å². The maximum absolute atomic E-state index is 10.7. The molecule has 5 heteroatoms. The van der Waals surface area contributed by atoms with Crippen LogP contribution in [0.25, 0.3) is 0 Å². The lowest BCUT2D eigenvalue weighted by molar-refractivity contribution is -0.134.